The van der Waals surface area contributed by atoms with Crippen molar-refractivity contribution in [2.45, 2.75) is 24.4 Å². The number of thioether (sulfide) groups is 1. The molecule has 5 nitrogen and oxygen atoms in total. The van der Waals surface area contributed by atoms with Gasteiger partial charge in [-0.05, 0) is 31.6 Å². The average Bonchev–Trinajstić information content (AvgIpc) is 2.97. The summed E-state index contributed by atoms with van der Waals surface area (Å²) in [5.74, 6) is 0.920. The lowest BCUT2D eigenvalue weighted by Crippen LogP contribution is -2.30. The highest BCUT2D eigenvalue weighted by molar-refractivity contribution is 7.98. The highest BCUT2D eigenvalue weighted by Crippen LogP contribution is 2.33. The Morgan fingerprint density at radius 3 is 2.76 bits per heavy atom. The quantitative estimate of drug-likeness (QED) is 0.695. The number of rotatable bonds is 3. The van der Waals surface area contributed by atoms with Gasteiger partial charge in [0.25, 0.3) is 5.91 Å². The van der Waals surface area contributed by atoms with Crippen molar-refractivity contribution in [2.75, 3.05) is 31.3 Å². The number of aromatic nitrogens is 2. The van der Waals surface area contributed by atoms with E-state index in [9.17, 15) is 4.79 Å². The fourth-order valence-electron chi connectivity index (χ4n) is 2.56. The van der Waals surface area contributed by atoms with Crippen LogP contribution in [0.2, 0.25) is 0 Å². The number of amides is 1. The second-order valence-corrected chi connectivity index (χ2v) is 6.79. The Morgan fingerprint density at radius 2 is 2.10 bits per heavy atom. The van der Waals surface area contributed by atoms with E-state index >= 15 is 0 Å². The molecule has 0 atom stereocenters. The second kappa shape index (κ2) is 6.19. The van der Waals surface area contributed by atoms with Gasteiger partial charge in [-0.2, -0.15) is 0 Å². The number of nitrogens with zero attached hydrogens (tertiary/aromatic N) is 3. The minimum Gasteiger partial charge on any atom is -0.356 e. The van der Waals surface area contributed by atoms with Crippen molar-refractivity contribution >= 4 is 45.0 Å². The minimum atomic E-state index is -0.0618. The van der Waals surface area contributed by atoms with Gasteiger partial charge in [0.05, 0.1) is 10.3 Å². The van der Waals surface area contributed by atoms with Gasteiger partial charge in [-0.25, -0.2) is 9.97 Å². The first-order valence-corrected chi connectivity index (χ1v) is 9.09. The second-order valence-electron chi connectivity index (χ2n) is 4.99. The smallest absolute Gasteiger partial charge is 0.261 e. The Hall–Kier alpha value is -1.34. The van der Waals surface area contributed by atoms with E-state index in [1.807, 2.05) is 12.3 Å². The maximum absolute atomic E-state index is 11.9. The van der Waals surface area contributed by atoms with Crippen LogP contribution in [0.5, 0.6) is 0 Å². The molecule has 0 bridgehead atoms. The number of hydrogen-bond acceptors (Lipinski definition) is 6. The van der Waals surface area contributed by atoms with Gasteiger partial charge in [0.1, 0.15) is 10.6 Å². The topological polar surface area (TPSA) is 58.1 Å². The lowest BCUT2D eigenvalue weighted by Gasteiger charge is -2.28. The number of fused-ring (bicyclic) bond motifs is 1. The summed E-state index contributed by atoms with van der Waals surface area (Å²) in [7, 11) is 1.65. The fraction of sp³-hybridized carbons (Fsp3) is 0.500. The number of carbonyl (C=O) groups excluding carboxylic acids is 1. The summed E-state index contributed by atoms with van der Waals surface area (Å²) in [4.78, 5) is 25.0. The monoisotopic (exact) mass is 322 g/mol. The van der Waals surface area contributed by atoms with E-state index in [0.29, 0.717) is 4.88 Å². The van der Waals surface area contributed by atoms with Crippen LogP contribution < -0.4 is 10.2 Å². The van der Waals surface area contributed by atoms with Gasteiger partial charge in [0.2, 0.25) is 0 Å². The van der Waals surface area contributed by atoms with Crippen molar-refractivity contribution in [2.24, 2.45) is 0 Å². The Morgan fingerprint density at radius 1 is 1.33 bits per heavy atom. The Balaban J connectivity index is 2.11. The van der Waals surface area contributed by atoms with Gasteiger partial charge in [0.15, 0.2) is 5.16 Å². The van der Waals surface area contributed by atoms with E-state index in [2.05, 4.69) is 15.2 Å². The predicted molar refractivity (Wildman–Crippen MR) is 88.7 cm³/mol. The minimum absolute atomic E-state index is 0.0618. The lowest BCUT2D eigenvalue weighted by atomic mass is 10.1. The molecule has 1 aliphatic heterocycles. The first-order chi connectivity index (χ1) is 10.2. The zero-order chi connectivity index (χ0) is 14.8. The van der Waals surface area contributed by atoms with Gasteiger partial charge in [-0.1, -0.05) is 11.8 Å². The Kier molecular flexibility index (Phi) is 4.30. The third-order valence-corrected chi connectivity index (χ3v) is 5.22. The van der Waals surface area contributed by atoms with Crippen LogP contribution in [-0.4, -0.2) is 42.3 Å². The first kappa shape index (κ1) is 14.6. The van der Waals surface area contributed by atoms with E-state index < -0.39 is 0 Å². The molecule has 1 aliphatic rings. The van der Waals surface area contributed by atoms with Crippen LogP contribution in [0, 0.1) is 0 Å². The van der Waals surface area contributed by atoms with Crippen molar-refractivity contribution in [3.8, 4) is 0 Å². The van der Waals surface area contributed by atoms with Crippen LogP contribution in [0.3, 0.4) is 0 Å². The number of anilines is 1. The maximum atomic E-state index is 11.9. The van der Waals surface area contributed by atoms with Gasteiger partial charge >= 0.3 is 0 Å². The first-order valence-electron chi connectivity index (χ1n) is 7.05. The molecule has 0 spiro atoms. The highest BCUT2D eigenvalue weighted by Gasteiger charge is 2.20. The molecule has 0 unspecified atom stereocenters. The van der Waals surface area contributed by atoms with E-state index in [1.165, 1.54) is 30.6 Å². The SMILES string of the molecule is CNC(=O)c1cc2c(N3CCCCC3)nc(SC)nc2s1. The third-order valence-electron chi connectivity index (χ3n) is 3.64. The van der Waals surface area contributed by atoms with Crippen LogP contribution in [0.1, 0.15) is 28.9 Å². The number of piperidine rings is 1. The van der Waals surface area contributed by atoms with Crippen LogP contribution in [0.15, 0.2) is 11.2 Å². The molecule has 1 N–H and O–H groups in total. The third kappa shape index (κ3) is 2.85. The van der Waals surface area contributed by atoms with Crippen molar-refractivity contribution in [1.82, 2.24) is 15.3 Å². The number of hydrogen-bond donors (Lipinski definition) is 1. The van der Waals surface area contributed by atoms with Gasteiger partial charge in [0, 0.05) is 20.1 Å². The van der Waals surface area contributed by atoms with E-state index in [4.69, 9.17) is 4.98 Å². The molecule has 112 valence electrons. The largest absolute Gasteiger partial charge is 0.356 e. The van der Waals surface area contributed by atoms with Gasteiger partial charge < -0.3 is 10.2 Å². The summed E-state index contributed by atoms with van der Waals surface area (Å²) in [6.45, 7) is 2.07. The van der Waals surface area contributed by atoms with E-state index in [1.54, 1.807) is 18.8 Å². The number of carbonyl (C=O) groups is 1. The number of nitrogens with one attached hydrogen (secondary N) is 1. The molecule has 21 heavy (non-hydrogen) atoms. The molecule has 0 aromatic carbocycles. The van der Waals surface area contributed by atoms with Crippen LogP contribution in [0.25, 0.3) is 10.2 Å². The fourth-order valence-corrected chi connectivity index (χ4v) is 3.95. The summed E-state index contributed by atoms with van der Waals surface area (Å²) in [5.41, 5.74) is 0. The molecular formula is C14H18N4OS2. The van der Waals surface area contributed by atoms with Crippen LogP contribution in [0.4, 0.5) is 5.82 Å². The standard InChI is InChI=1S/C14H18N4OS2/c1-15-12(19)10-8-9-11(18-6-4-3-5-7-18)16-14(20-2)17-13(9)21-10/h8H,3-7H2,1-2H3,(H,15,19). The van der Waals surface area contributed by atoms with E-state index in [-0.39, 0.29) is 5.91 Å². The highest BCUT2D eigenvalue weighted by atomic mass is 32.2. The van der Waals surface area contributed by atoms with Crippen molar-refractivity contribution in [3.05, 3.63) is 10.9 Å². The lowest BCUT2D eigenvalue weighted by molar-refractivity contribution is 0.0967. The molecule has 0 saturated carbocycles. The molecule has 2 aromatic heterocycles. The molecular weight excluding hydrogens is 304 g/mol. The molecule has 0 radical (unpaired) electrons. The summed E-state index contributed by atoms with van der Waals surface area (Å²) >= 11 is 2.98. The molecule has 2 aromatic rings. The van der Waals surface area contributed by atoms with Crippen molar-refractivity contribution < 1.29 is 4.79 Å². The normalized spacial score (nSPS) is 15.4. The Bertz CT molecular complexity index is 664. The number of thiophene rings is 1. The van der Waals surface area contributed by atoms with Crippen molar-refractivity contribution in [1.29, 1.82) is 0 Å². The zero-order valence-electron chi connectivity index (χ0n) is 12.2. The molecule has 1 saturated heterocycles. The molecule has 7 heteroatoms. The molecule has 0 aliphatic carbocycles. The molecule has 3 rings (SSSR count). The van der Waals surface area contributed by atoms with Gasteiger partial charge in [-0.15, -0.1) is 11.3 Å². The summed E-state index contributed by atoms with van der Waals surface area (Å²) in [6.07, 6.45) is 5.67. The Labute approximate surface area is 132 Å². The molecule has 1 amide bonds. The summed E-state index contributed by atoms with van der Waals surface area (Å²) < 4.78 is 0. The van der Waals surface area contributed by atoms with E-state index in [0.717, 1.165) is 34.3 Å². The zero-order valence-corrected chi connectivity index (χ0v) is 13.8. The summed E-state index contributed by atoms with van der Waals surface area (Å²) in [6, 6.07) is 1.92. The van der Waals surface area contributed by atoms with Gasteiger partial charge in [-0.3, -0.25) is 4.79 Å². The van der Waals surface area contributed by atoms with Crippen LogP contribution >= 0.6 is 23.1 Å². The molecule has 1 fully saturated rings. The van der Waals surface area contributed by atoms with Crippen molar-refractivity contribution in [3.63, 3.8) is 0 Å². The summed E-state index contributed by atoms with van der Waals surface area (Å²) in [5, 5.41) is 4.44. The predicted octanol–water partition coefficient (Wildman–Crippen LogP) is 2.76. The average molecular weight is 322 g/mol. The maximum Gasteiger partial charge on any atom is 0.261 e. The molecule has 3 heterocycles. The van der Waals surface area contributed by atoms with Crippen LogP contribution in [-0.2, 0) is 0 Å².